The lowest BCUT2D eigenvalue weighted by Gasteiger charge is -2.27. The third-order valence-electron chi connectivity index (χ3n) is 4.11. The Kier molecular flexibility index (Phi) is 4.80. The number of carbonyl (C=O) groups is 1. The Morgan fingerprint density at radius 2 is 2.00 bits per heavy atom. The molecule has 1 heterocycles. The number of benzene rings is 1. The Hall–Kier alpha value is -1.56. The maximum absolute atomic E-state index is 12.8. The average Bonchev–Trinajstić information content (AvgIpc) is 2.98. The second-order valence-electron chi connectivity index (χ2n) is 6.37. The van der Waals surface area contributed by atoms with Gasteiger partial charge in [-0.2, -0.15) is 13.2 Å². The van der Waals surface area contributed by atoms with Gasteiger partial charge in [0.05, 0.1) is 11.5 Å². The molecule has 0 bridgehead atoms. The van der Waals surface area contributed by atoms with Crippen molar-refractivity contribution in [1.29, 1.82) is 0 Å². The molecule has 2 N–H and O–H groups in total. The zero-order valence-corrected chi connectivity index (χ0v) is 12.8. The first-order valence-corrected chi connectivity index (χ1v) is 7.36. The molecule has 0 radical (unpaired) electrons. The number of amides is 1. The molecule has 6 heteroatoms. The van der Waals surface area contributed by atoms with Crippen LogP contribution < -0.4 is 10.6 Å². The van der Waals surface area contributed by atoms with E-state index >= 15 is 0 Å². The highest BCUT2D eigenvalue weighted by Crippen LogP contribution is 2.32. The minimum Gasteiger partial charge on any atom is -0.355 e. The average molecular weight is 314 g/mol. The first-order chi connectivity index (χ1) is 10.2. The van der Waals surface area contributed by atoms with Gasteiger partial charge in [0.25, 0.3) is 0 Å². The van der Waals surface area contributed by atoms with Crippen molar-refractivity contribution < 1.29 is 18.0 Å². The summed E-state index contributed by atoms with van der Waals surface area (Å²) in [6.45, 7) is 5.46. The lowest BCUT2D eigenvalue weighted by atomic mass is 9.83. The summed E-state index contributed by atoms with van der Waals surface area (Å²) in [7, 11) is 0. The van der Waals surface area contributed by atoms with Crippen LogP contribution in [0.4, 0.5) is 13.2 Å². The van der Waals surface area contributed by atoms with E-state index in [1.807, 2.05) is 13.8 Å². The predicted molar refractivity (Wildman–Crippen MR) is 78.5 cm³/mol. The lowest BCUT2D eigenvalue weighted by molar-refractivity contribution is -0.137. The van der Waals surface area contributed by atoms with Crippen LogP contribution in [0.25, 0.3) is 0 Å². The molecular weight excluding hydrogens is 293 g/mol. The van der Waals surface area contributed by atoms with E-state index < -0.39 is 17.2 Å². The molecule has 0 aromatic heterocycles. The molecule has 1 aliphatic heterocycles. The molecular formula is C16H21F3N2O. The van der Waals surface area contributed by atoms with Crippen LogP contribution in [0.2, 0.25) is 0 Å². The molecule has 2 rings (SSSR count). The Morgan fingerprint density at radius 3 is 2.59 bits per heavy atom. The molecule has 1 atom stereocenters. The normalized spacial score (nSPS) is 19.2. The highest BCUT2D eigenvalue weighted by molar-refractivity contribution is 5.79. The number of hydrogen-bond donors (Lipinski definition) is 2. The number of nitrogens with one attached hydrogen (secondary N) is 2. The molecule has 1 aromatic carbocycles. The van der Waals surface area contributed by atoms with Gasteiger partial charge in [-0.3, -0.25) is 4.79 Å². The van der Waals surface area contributed by atoms with Crippen LogP contribution in [0, 0.1) is 5.92 Å². The van der Waals surface area contributed by atoms with Gasteiger partial charge in [-0.1, -0.05) is 32.0 Å². The van der Waals surface area contributed by atoms with Crippen LogP contribution in [0.3, 0.4) is 0 Å². The van der Waals surface area contributed by atoms with Gasteiger partial charge in [0.2, 0.25) is 5.91 Å². The zero-order valence-electron chi connectivity index (χ0n) is 12.8. The summed E-state index contributed by atoms with van der Waals surface area (Å²) in [5.74, 6) is -0.0811. The molecule has 3 nitrogen and oxygen atoms in total. The SMILES string of the molecule is CC(C)(CNC(=O)C1CCNC1)c1cccc(C(F)(F)F)c1. The summed E-state index contributed by atoms with van der Waals surface area (Å²) in [6, 6.07) is 5.28. The van der Waals surface area contributed by atoms with Crippen molar-refractivity contribution in [3.63, 3.8) is 0 Å². The van der Waals surface area contributed by atoms with Crippen molar-refractivity contribution >= 4 is 5.91 Å². The van der Waals surface area contributed by atoms with Crippen LogP contribution >= 0.6 is 0 Å². The van der Waals surface area contributed by atoms with Gasteiger partial charge in [-0.05, 0) is 24.6 Å². The number of hydrogen-bond acceptors (Lipinski definition) is 2. The molecule has 1 aromatic rings. The Morgan fingerprint density at radius 1 is 1.32 bits per heavy atom. The number of rotatable bonds is 4. The van der Waals surface area contributed by atoms with Crippen LogP contribution in [-0.2, 0) is 16.4 Å². The summed E-state index contributed by atoms with van der Waals surface area (Å²) >= 11 is 0. The summed E-state index contributed by atoms with van der Waals surface area (Å²) in [5, 5.41) is 5.98. The van der Waals surface area contributed by atoms with E-state index in [0.29, 0.717) is 18.7 Å². The van der Waals surface area contributed by atoms with E-state index in [1.54, 1.807) is 6.07 Å². The highest BCUT2D eigenvalue weighted by atomic mass is 19.4. The molecule has 1 unspecified atom stereocenters. The number of halogens is 3. The highest BCUT2D eigenvalue weighted by Gasteiger charge is 2.32. The molecule has 0 saturated carbocycles. The van der Waals surface area contributed by atoms with Crippen LogP contribution in [0.5, 0.6) is 0 Å². The maximum Gasteiger partial charge on any atom is 0.416 e. The summed E-state index contributed by atoms with van der Waals surface area (Å²) in [6.07, 6.45) is -3.55. The molecule has 122 valence electrons. The Balaban J connectivity index is 2.04. The second kappa shape index (κ2) is 6.28. The molecule has 0 spiro atoms. The summed E-state index contributed by atoms with van der Waals surface area (Å²) < 4.78 is 38.4. The predicted octanol–water partition coefficient (Wildman–Crippen LogP) is 2.71. The van der Waals surface area contributed by atoms with Crippen LogP contribution in [0.1, 0.15) is 31.4 Å². The minimum atomic E-state index is -4.36. The van der Waals surface area contributed by atoms with Gasteiger partial charge in [0, 0.05) is 18.5 Å². The van der Waals surface area contributed by atoms with Crippen molar-refractivity contribution in [2.24, 2.45) is 5.92 Å². The third kappa shape index (κ3) is 4.00. The summed E-state index contributed by atoms with van der Waals surface area (Å²) in [4.78, 5) is 12.0. The maximum atomic E-state index is 12.8. The molecule has 22 heavy (non-hydrogen) atoms. The van der Waals surface area contributed by atoms with E-state index in [-0.39, 0.29) is 11.8 Å². The van der Waals surface area contributed by atoms with E-state index in [1.165, 1.54) is 6.07 Å². The van der Waals surface area contributed by atoms with Crippen LogP contribution in [0.15, 0.2) is 24.3 Å². The largest absolute Gasteiger partial charge is 0.416 e. The Labute approximate surface area is 128 Å². The number of alkyl halides is 3. The van der Waals surface area contributed by atoms with Gasteiger partial charge in [0.15, 0.2) is 0 Å². The Bertz CT molecular complexity index is 534. The van der Waals surface area contributed by atoms with Gasteiger partial charge in [0.1, 0.15) is 0 Å². The van der Waals surface area contributed by atoms with Crippen LogP contribution in [-0.4, -0.2) is 25.5 Å². The zero-order chi connectivity index (χ0) is 16.4. The first kappa shape index (κ1) is 16.8. The quantitative estimate of drug-likeness (QED) is 0.897. The first-order valence-electron chi connectivity index (χ1n) is 7.36. The fourth-order valence-corrected chi connectivity index (χ4v) is 2.55. The van der Waals surface area contributed by atoms with Gasteiger partial charge in [-0.15, -0.1) is 0 Å². The standard InChI is InChI=1S/C16H21F3N2O/c1-15(2,10-21-14(22)11-6-7-20-9-11)12-4-3-5-13(8-12)16(17,18)19/h3-5,8,11,20H,6-7,9-10H2,1-2H3,(H,21,22). The number of carbonyl (C=O) groups excluding carboxylic acids is 1. The van der Waals surface area contributed by atoms with E-state index in [9.17, 15) is 18.0 Å². The van der Waals surface area contributed by atoms with Gasteiger partial charge in [-0.25, -0.2) is 0 Å². The monoisotopic (exact) mass is 314 g/mol. The van der Waals surface area contributed by atoms with Crippen molar-refractivity contribution in [3.05, 3.63) is 35.4 Å². The topological polar surface area (TPSA) is 41.1 Å². The van der Waals surface area contributed by atoms with Crippen molar-refractivity contribution in [2.45, 2.75) is 31.9 Å². The summed E-state index contributed by atoms with van der Waals surface area (Å²) in [5.41, 5.74) is -0.667. The molecule has 1 amide bonds. The smallest absolute Gasteiger partial charge is 0.355 e. The third-order valence-corrected chi connectivity index (χ3v) is 4.11. The van der Waals surface area contributed by atoms with Gasteiger partial charge < -0.3 is 10.6 Å². The van der Waals surface area contributed by atoms with Crippen molar-refractivity contribution in [1.82, 2.24) is 10.6 Å². The minimum absolute atomic E-state index is 0.0370. The van der Waals surface area contributed by atoms with E-state index in [4.69, 9.17) is 0 Å². The van der Waals surface area contributed by atoms with Crippen molar-refractivity contribution in [3.8, 4) is 0 Å². The lowest BCUT2D eigenvalue weighted by Crippen LogP contribution is -2.40. The van der Waals surface area contributed by atoms with E-state index in [2.05, 4.69) is 10.6 Å². The molecule has 1 fully saturated rings. The van der Waals surface area contributed by atoms with E-state index in [0.717, 1.165) is 25.1 Å². The molecule has 1 saturated heterocycles. The fraction of sp³-hybridized carbons (Fsp3) is 0.562. The fourth-order valence-electron chi connectivity index (χ4n) is 2.55. The van der Waals surface area contributed by atoms with Gasteiger partial charge >= 0.3 is 6.18 Å². The second-order valence-corrected chi connectivity index (χ2v) is 6.37. The van der Waals surface area contributed by atoms with Crippen molar-refractivity contribution in [2.75, 3.05) is 19.6 Å². The molecule has 1 aliphatic rings. The molecule has 0 aliphatic carbocycles.